The van der Waals surface area contributed by atoms with Gasteiger partial charge in [-0.2, -0.15) is 0 Å². The van der Waals surface area contributed by atoms with Crippen molar-refractivity contribution in [3.8, 4) is 0 Å². The highest BCUT2D eigenvalue weighted by molar-refractivity contribution is 6.05. The van der Waals surface area contributed by atoms with Crippen LogP contribution in [-0.2, 0) is 20.9 Å². The van der Waals surface area contributed by atoms with Crippen LogP contribution in [0.15, 0.2) is 18.2 Å². The molecule has 1 aromatic carbocycles. The lowest BCUT2D eigenvalue weighted by atomic mass is 9.81. The van der Waals surface area contributed by atoms with E-state index in [2.05, 4.69) is 5.32 Å². The van der Waals surface area contributed by atoms with Gasteiger partial charge >= 0.3 is 0 Å². The molecule has 1 aromatic rings. The number of halogens is 1. The molecule has 1 heterocycles. The Balaban J connectivity index is 1.49. The lowest BCUT2D eigenvalue weighted by molar-refractivity contribution is -0.140. The fourth-order valence-electron chi connectivity index (χ4n) is 3.70. The normalized spacial score (nSPS) is 22.9. The standard InChI is InChI=1S/C19H23FN2O3/c1-12-6-7-13(10-16(12)20)11-21-17(23)8-9-22-18(24)14-4-2-3-5-15(14)19(22)25/h6-7,10,14-15H,2-5,8-9,11H2,1H3,(H,21,23)/t14-,15-/m0/s1. The minimum atomic E-state index is -0.303. The number of carbonyl (C=O) groups is 3. The van der Waals surface area contributed by atoms with Gasteiger partial charge in [0, 0.05) is 19.5 Å². The molecule has 2 aliphatic rings. The van der Waals surface area contributed by atoms with Gasteiger partial charge in [-0.25, -0.2) is 4.39 Å². The first-order valence-electron chi connectivity index (χ1n) is 8.84. The maximum atomic E-state index is 13.5. The zero-order valence-corrected chi connectivity index (χ0v) is 14.4. The Morgan fingerprint density at radius 1 is 1.20 bits per heavy atom. The number of aryl methyl sites for hydroxylation is 1. The van der Waals surface area contributed by atoms with Crippen LogP contribution in [0, 0.1) is 24.6 Å². The Bertz CT molecular complexity index is 680. The van der Waals surface area contributed by atoms with Crippen molar-refractivity contribution < 1.29 is 18.8 Å². The van der Waals surface area contributed by atoms with Crippen LogP contribution >= 0.6 is 0 Å². The summed E-state index contributed by atoms with van der Waals surface area (Å²) in [6.07, 6.45) is 3.60. The van der Waals surface area contributed by atoms with E-state index < -0.39 is 0 Å². The number of imide groups is 1. The summed E-state index contributed by atoms with van der Waals surface area (Å²) in [5.41, 5.74) is 1.23. The Labute approximate surface area is 146 Å². The van der Waals surface area contributed by atoms with Crippen molar-refractivity contribution in [3.05, 3.63) is 35.1 Å². The molecule has 1 aliphatic carbocycles. The number of likely N-dealkylation sites (tertiary alicyclic amines) is 1. The molecule has 1 N–H and O–H groups in total. The Morgan fingerprint density at radius 2 is 1.84 bits per heavy atom. The summed E-state index contributed by atoms with van der Waals surface area (Å²) in [5.74, 6) is -1.16. The molecule has 6 heteroatoms. The van der Waals surface area contributed by atoms with Gasteiger partial charge in [-0.15, -0.1) is 0 Å². The molecule has 1 saturated carbocycles. The van der Waals surface area contributed by atoms with Crippen molar-refractivity contribution in [2.45, 2.75) is 45.6 Å². The van der Waals surface area contributed by atoms with Crippen molar-refractivity contribution in [1.82, 2.24) is 10.2 Å². The van der Waals surface area contributed by atoms with E-state index in [4.69, 9.17) is 0 Å². The van der Waals surface area contributed by atoms with E-state index in [0.717, 1.165) is 25.7 Å². The van der Waals surface area contributed by atoms with E-state index in [1.807, 2.05) is 0 Å². The van der Waals surface area contributed by atoms with Gasteiger partial charge in [0.05, 0.1) is 11.8 Å². The van der Waals surface area contributed by atoms with Crippen molar-refractivity contribution in [3.63, 3.8) is 0 Å². The summed E-state index contributed by atoms with van der Waals surface area (Å²) in [5, 5.41) is 2.71. The van der Waals surface area contributed by atoms with Crippen molar-refractivity contribution >= 4 is 17.7 Å². The summed E-state index contributed by atoms with van der Waals surface area (Å²) in [4.78, 5) is 37.9. The van der Waals surface area contributed by atoms with Crippen molar-refractivity contribution in [2.75, 3.05) is 6.54 Å². The first kappa shape index (κ1) is 17.6. The summed E-state index contributed by atoms with van der Waals surface area (Å²) in [6, 6.07) is 4.82. The number of hydrogen-bond acceptors (Lipinski definition) is 3. The third-order valence-electron chi connectivity index (χ3n) is 5.22. The van der Waals surface area contributed by atoms with Crippen LogP contribution in [0.1, 0.15) is 43.2 Å². The molecule has 3 amide bonds. The fraction of sp³-hybridized carbons (Fsp3) is 0.526. The van der Waals surface area contributed by atoms with Gasteiger partial charge in [0.15, 0.2) is 0 Å². The van der Waals surface area contributed by atoms with E-state index in [0.29, 0.717) is 11.1 Å². The van der Waals surface area contributed by atoms with Gasteiger partial charge in [0.2, 0.25) is 17.7 Å². The Hall–Kier alpha value is -2.24. The third-order valence-corrected chi connectivity index (χ3v) is 5.22. The van der Waals surface area contributed by atoms with Gasteiger partial charge < -0.3 is 5.32 Å². The highest BCUT2D eigenvalue weighted by atomic mass is 19.1. The molecular formula is C19H23FN2O3. The van der Waals surface area contributed by atoms with Gasteiger partial charge in [-0.3, -0.25) is 19.3 Å². The number of amides is 3. The van der Waals surface area contributed by atoms with Crippen LogP contribution < -0.4 is 5.32 Å². The summed E-state index contributed by atoms with van der Waals surface area (Å²) in [6.45, 7) is 2.03. The molecule has 25 heavy (non-hydrogen) atoms. The van der Waals surface area contributed by atoms with Gasteiger partial charge in [-0.05, 0) is 37.0 Å². The number of nitrogens with zero attached hydrogens (tertiary/aromatic N) is 1. The van der Waals surface area contributed by atoms with E-state index in [1.165, 1.54) is 11.0 Å². The van der Waals surface area contributed by atoms with E-state index in [-0.39, 0.29) is 54.9 Å². The minimum absolute atomic E-state index is 0.0747. The maximum Gasteiger partial charge on any atom is 0.233 e. The Morgan fingerprint density at radius 3 is 2.44 bits per heavy atom. The monoisotopic (exact) mass is 346 g/mol. The first-order chi connectivity index (χ1) is 12.0. The number of carbonyl (C=O) groups excluding carboxylic acids is 3. The predicted molar refractivity (Wildman–Crippen MR) is 89.8 cm³/mol. The zero-order valence-electron chi connectivity index (χ0n) is 14.4. The average molecular weight is 346 g/mol. The molecule has 134 valence electrons. The van der Waals surface area contributed by atoms with Crippen molar-refractivity contribution in [2.24, 2.45) is 11.8 Å². The number of nitrogens with one attached hydrogen (secondary N) is 1. The molecule has 2 fully saturated rings. The smallest absolute Gasteiger partial charge is 0.233 e. The van der Waals surface area contributed by atoms with Crippen LogP contribution in [0.3, 0.4) is 0 Å². The summed E-state index contributed by atoms with van der Waals surface area (Å²) >= 11 is 0. The SMILES string of the molecule is Cc1ccc(CNC(=O)CCN2C(=O)[C@H]3CCCC[C@@H]3C2=O)cc1F. The quantitative estimate of drug-likeness (QED) is 0.832. The first-order valence-corrected chi connectivity index (χ1v) is 8.84. The molecule has 3 rings (SSSR count). The van der Waals surface area contributed by atoms with Gasteiger partial charge in [-0.1, -0.05) is 25.0 Å². The molecule has 2 atom stereocenters. The van der Waals surface area contributed by atoms with Gasteiger partial charge in [0.25, 0.3) is 0 Å². The fourth-order valence-corrected chi connectivity index (χ4v) is 3.70. The maximum absolute atomic E-state index is 13.5. The highest BCUT2D eigenvalue weighted by Crippen LogP contribution is 2.37. The summed E-state index contributed by atoms with van der Waals surface area (Å²) < 4.78 is 13.5. The number of hydrogen-bond donors (Lipinski definition) is 1. The number of fused-ring (bicyclic) bond motifs is 1. The molecule has 0 unspecified atom stereocenters. The van der Waals surface area contributed by atoms with Crippen LogP contribution in [0.4, 0.5) is 4.39 Å². The number of benzene rings is 1. The highest BCUT2D eigenvalue weighted by Gasteiger charge is 2.47. The lowest BCUT2D eigenvalue weighted by Crippen LogP contribution is -2.35. The molecule has 5 nitrogen and oxygen atoms in total. The molecule has 0 radical (unpaired) electrons. The second-order valence-corrected chi connectivity index (χ2v) is 6.94. The van der Waals surface area contributed by atoms with E-state index >= 15 is 0 Å². The van der Waals surface area contributed by atoms with Crippen LogP contribution in [0.5, 0.6) is 0 Å². The molecule has 0 spiro atoms. The topological polar surface area (TPSA) is 66.5 Å². The second-order valence-electron chi connectivity index (χ2n) is 6.94. The molecular weight excluding hydrogens is 323 g/mol. The summed E-state index contributed by atoms with van der Waals surface area (Å²) in [7, 11) is 0. The average Bonchev–Trinajstić information content (AvgIpc) is 2.85. The molecule has 0 bridgehead atoms. The third kappa shape index (κ3) is 3.72. The minimum Gasteiger partial charge on any atom is -0.352 e. The van der Waals surface area contributed by atoms with Gasteiger partial charge in [0.1, 0.15) is 5.82 Å². The second kappa shape index (κ2) is 7.33. The Kier molecular flexibility index (Phi) is 5.16. The largest absolute Gasteiger partial charge is 0.352 e. The van der Waals surface area contributed by atoms with E-state index in [9.17, 15) is 18.8 Å². The van der Waals surface area contributed by atoms with Crippen LogP contribution in [0.25, 0.3) is 0 Å². The van der Waals surface area contributed by atoms with Crippen LogP contribution in [-0.4, -0.2) is 29.2 Å². The molecule has 0 aromatic heterocycles. The zero-order chi connectivity index (χ0) is 18.0. The number of rotatable bonds is 5. The van der Waals surface area contributed by atoms with E-state index in [1.54, 1.807) is 19.1 Å². The van der Waals surface area contributed by atoms with Crippen LogP contribution in [0.2, 0.25) is 0 Å². The lowest BCUT2D eigenvalue weighted by Gasteiger charge is -2.19. The molecule has 1 aliphatic heterocycles. The van der Waals surface area contributed by atoms with Crippen molar-refractivity contribution in [1.29, 1.82) is 0 Å². The molecule has 1 saturated heterocycles. The predicted octanol–water partition coefficient (Wildman–Crippen LogP) is 2.32.